The maximum atomic E-state index is 6.15. The largest absolute Gasteiger partial charge is 0.491 e. The molecule has 1 N–H and O–H groups in total. The summed E-state index contributed by atoms with van der Waals surface area (Å²) in [6.07, 6.45) is 0.853. The van der Waals surface area contributed by atoms with Crippen molar-refractivity contribution in [2.24, 2.45) is 0 Å². The summed E-state index contributed by atoms with van der Waals surface area (Å²) in [7, 11) is 0. The molecule has 0 unspecified atom stereocenters. The van der Waals surface area contributed by atoms with Crippen molar-refractivity contribution in [2.75, 3.05) is 13.2 Å². The Bertz CT molecular complexity index is 376. The van der Waals surface area contributed by atoms with Crippen molar-refractivity contribution in [3.8, 4) is 5.75 Å². The van der Waals surface area contributed by atoms with Gasteiger partial charge in [-0.3, -0.25) is 0 Å². The molecule has 0 saturated heterocycles. The van der Waals surface area contributed by atoms with Gasteiger partial charge >= 0.3 is 0 Å². The minimum absolute atomic E-state index is 0.623. The van der Waals surface area contributed by atoms with Crippen LogP contribution in [0.1, 0.15) is 25.8 Å². The third-order valence-electron chi connectivity index (χ3n) is 2.39. The van der Waals surface area contributed by atoms with Gasteiger partial charge in [-0.05, 0) is 19.5 Å². The van der Waals surface area contributed by atoms with E-state index in [0.29, 0.717) is 11.6 Å². The van der Waals surface area contributed by atoms with E-state index in [4.69, 9.17) is 16.3 Å². The molecule has 1 aromatic rings. The second-order valence-electron chi connectivity index (χ2n) is 4.06. The predicted molar refractivity (Wildman–Crippen MR) is 73.8 cm³/mol. The highest BCUT2D eigenvalue weighted by atomic mass is 35.5. The van der Waals surface area contributed by atoms with Crippen molar-refractivity contribution in [3.63, 3.8) is 0 Å². The standard InChI is InChI=1S/C14H20ClNO/c1-4-16-10-12-6-5-7-13(15)14(12)17-9-8-11(2)3/h5-7,16H,2,4,8-10H2,1,3H3. The molecule has 94 valence electrons. The lowest BCUT2D eigenvalue weighted by Crippen LogP contribution is -2.13. The molecule has 17 heavy (non-hydrogen) atoms. The number of benzene rings is 1. The van der Waals surface area contributed by atoms with Crippen molar-refractivity contribution in [1.82, 2.24) is 5.32 Å². The molecule has 1 aromatic carbocycles. The van der Waals surface area contributed by atoms with E-state index in [-0.39, 0.29) is 0 Å². The maximum Gasteiger partial charge on any atom is 0.142 e. The van der Waals surface area contributed by atoms with E-state index in [1.54, 1.807) is 0 Å². The minimum Gasteiger partial charge on any atom is -0.491 e. The number of rotatable bonds is 7. The van der Waals surface area contributed by atoms with Gasteiger partial charge in [-0.25, -0.2) is 0 Å². The van der Waals surface area contributed by atoms with E-state index in [1.807, 2.05) is 25.1 Å². The molecule has 0 aliphatic rings. The molecular weight excluding hydrogens is 234 g/mol. The van der Waals surface area contributed by atoms with Gasteiger partial charge in [-0.1, -0.05) is 36.2 Å². The van der Waals surface area contributed by atoms with E-state index in [1.165, 1.54) is 0 Å². The van der Waals surface area contributed by atoms with Gasteiger partial charge in [0.2, 0.25) is 0 Å². The van der Waals surface area contributed by atoms with Gasteiger partial charge in [0.05, 0.1) is 11.6 Å². The van der Waals surface area contributed by atoms with Crippen molar-refractivity contribution in [2.45, 2.75) is 26.8 Å². The van der Waals surface area contributed by atoms with Crippen molar-refractivity contribution >= 4 is 11.6 Å². The monoisotopic (exact) mass is 253 g/mol. The van der Waals surface area contributed by atoms with Gasteiger partial charge in [0.1, 0.15) is 5.75 Å². The van der Waals surface area contributed by atoms with Gasteiger partial charge in [-0.15, -0.1) is 6.58 Å². The molecule has 0 fully saturated rings. The van der Waals surface area contributed by atoms with Crippen molar-refractivity contribution in [3.05, 3.63) is 40.9 Å². The molecule has 0 atom stereocenters. The summed E-state index contributed by atoms with van der Waals surface area (Å²) in [5.74, 6) is 0.788. The highest BCUT2D eigenvalue weighted by Gasteiger charge is 2.07. The SMILES string of the molecule is C=C(C)CCOc1c(Cl)cccc1CNCC. The molecule has 1 rings (SSSR count). The van der Waals surface area contributed by atoms with Gasteiger partial charge in [0.15, 0.2) is 0 Å². The second kappa shape index (κ2) is 7.36. The number of halogens is 1. The summed E-state index contributed by atoms with van der Waals surface area (Å²) in [5, 5.41) is 3.94. The normalized spacial score (nSPS) is 10.3. The van der Waals surface area contributed by atoms with Crippen molar-refractivity contribution in [1.29, 1.82) is 0 Å². The molecule has 0 bridgehead atoms. The Labute approximate surface area is 109 Å². The molecule has 0 saturated carbocycles. The van der Waals surface area contributed by atoms with E-state index in [2.05, 4.69) is 18.8 Å². The lowest BCUT2D eigenvalue weighted by molar-refractivity contribution is 0.318. The molecule has 2 nitrogen and oxygen atoms in total. The Hall–Kier alpha value is -0.990. The summed E-state index contributed by atoms with van der Waals surface area (Å²) in [6.45, 7) is 10.3. The van der Waals surface area contributed by atoms with Crippen LogP contribution >= 0.6 is 11.6 Å². The van der Waals surface area contributed by atoms with Crippen LogP contribution in [-0.4, -0.2) is 13.2 Å². The summed E-state index contributed by atoms with van der Waals surface area (Å²) < 4.78 is 5.74. The van der Waals surface area contributed by atoms with Crippen LogP contribution in [0.15, 0.2) is 30.4 Å². The first-order valence-corrected chi connectivity index (χ1v) is 6.28. The first-order valence-electron chi connectivity index (χ1n) is 5.90. The summed E-state index contributed by atoms with van der Waals surface area (Å²) in [5.41, 5.74) is 2.21. The van der Waals surface area contributed by atoms with E-state index < -0.39 is 0 Å². The smallest absolute Gasteiger partial charge is 0.142 e. The Morgan fingerprint density at radius 1 is 1.47 bits per heavy atom. The molecule has 3 heteroatoms. The number of nitrogens with one attached hydrogen (secondary N) is 1. The van der Waals surface area contributed by atoms with Gasteiger partial charge in [0, 0.05) is 18.5 Å². The fourth-order valence-corrected chi connectivity index (χ4v) is 1.69. The highest BCUT2D eigenvalue weighted by molar-refractivity contribution is 6.32. The molecule has 0 aromatic heterocycles. The minimum atomic E-state index is 0.623. The quantitative estimate of drug-likeness (QED) is 0.747. The van der Waals surface area contributed by atoms with Crippen LogP contribution in [0.2, 0.25) is 5.02 Å². The Kier molecular flexibility index (Phi) is 6.09. The molecular formula is C14H20ClNO. The maximum absolute atomic E-state index is 6.15. The van der Waals surface area contributed by atoms with Gasteiger partial charge < -0.3 is 10.1 Å². The molecule has 0 spiro atoms. The Morgan fingerprint density at radius 3 is 2.88 bits per heavy atom. The number of hydrogen-bond donors (Lipinski definition) is 1. The third kappa shape index (κ3) is 4.80. The van der Waals surface area contributed by atoms with E-state index >= 15 is 0 Å². The zero-order valence-corrected chi connectivity index (χ0v) is 11.3. The van der Waals surface area contributed by atoms with Crippen LogP contribution in [0.4, 0.5) is 0 Å². The zero-order valence-electron chi connectivity index (χ0n) is 10.6. The number of hydrogen-bond acceptors (Lipinski definition) is 2. The topological polar surface area (TPSA) is 21.3 Å². The molecule has 0 aliphatic heterocycles. The lowest BCUT2D eigenvalue weighted by atomic mass is 10.2. The summed E-state index contributed by atoms with van der Waals surface area (Å²) in [4.78, 5) is 0. The fraction of sp³-hybridized carbons (Fsp3) is 0.429. The number of para-hydroxylation sites is 1. The average Bonchev–Trinajstić information content (AvgIpc) is 2.29. The lowest BCUT2D eigenvalue weighted by Gasteiger charge is -2.13. The van der Waals surface area contributed by atoms with Crippen LogP contribution in [0, 0.1) is 0 Å². The van der Waals surface area contributed by atoms with Crippen LogP contribution in [0.3, 0.4) is 0 Å². The first kappa shape index (κ1) is 14.1. The Morgan fingerprint density at radius 2 is 2.24 bits per heavy atom. The summed E-state index contributed by atoms with van der Waals surface area (Å²) in [6, 6.07) is 5.83. The van der Waals surface area contributed by atoms with Crippen LogP contribution in [-0.2, 0) is 6.54 Å². The van der Waals surface area contributed by atoms with Gasteiger partial charge in [0.25, 0.3) is 0 Å². The molecule has 0 aliphatic carbocycles. The third-order valence-corrected chi connectivity index (χ3v) is 2.69. The van der Waals surface area contributed by atoms with Gasteiger partial charge in [-0.2, -0.15) is 0 Å². The first-order chi connectivity index (χ1) is 8.15. The van der Waals surface area contributed by atoms with Crippen LogP contribution in [0.5, 0.6) is 5.75 Å². The van der Waals surface area contributed by atoms with E-state index in [9.17, 15) is 0 Å². The highest BCUT2D eigenvalue weighted by Crippen LogP contribution is 2.28. The molecule has 0 amide bonds. The fourth-order valence-electron chi connectivity index (χ4n) is 1.44. The van der Waals surface area contributed by atoms with Crippen LogP contribution in [0.25, 0.3) is 0 Å². The Balaban J connectivity index is 2.69. The van der Waals surface area contributed by atoms with Crippen LogP contribution < -0.4 is 10.1 Å². The molecule has 0 radical (unpaired) electrons. The number of ether oxygens (including phenoxy) is 1. The molecule has 0 heterocycles. The van der Waals surface area contributed by atoms with E-state index in [0.717, 1.165) is 36.4 Å². The van der Waals surface area contributed by atoms with Crippen molar-refractivity contribution < 1.29 is 4.74 Å². The predicted octanol–water partition coefficient (Wildman–Crippen LogP) is 3.79. The summed E-state index contributed by atoms with van der Waals surface area (Å²) >= 11 is 6.15. The second-order valence-corrected chi connectivity index (χ2v) is 4.47. The zero-order chi connectivity index (χ0) is 12.7. The average molecular weight is 254 g/mol.